The van der Waals surface area contributed by atoms with Crippen LogP contribution in [0.3, 0.4) is 0 Å². The molecule has 0 saturated carbocycles. The summed E-state index contributed by atoms with van der Waals surface area (Å²) in [5.74, 6) is -4.33. The average Bonchev–Trinajstić information content (AvgIpc) is 2.45. The molecule has 1 atom stereocenters. The van der Waals surface area contributed by atoms with Gasteiger partial charge in [0.15, 0.2) is 11.6 Å². The van der Waals surface area contributed by atoms with Crippen molar-refractivity contribution in [3.05, 3.63) is 23.8 Å². The molecule has 10 heteroatoms. The second-order valence-electron chi connectivity index (χ2n) is 6.29. The van der Waals surface area contributed by atoms with Crippen molar-refractivity contribution in [3.8, 4) is 0 Å². The lowest BCUT2D eigenvalue weighted by Crippen LogP contribution is -2.44. The van der Waals surface area contributed by atoms with Crippen molar-refractivity contribution in [2.45, 2.75) is 44.2 Å². The van der Waals surface area contributed by atoms with Gasteiger partial charge in [0, 0.05) is 23.6 Å². The van der Waals surface area contributed by atoms with Gasteiger partial charge < -0.3 is 20.5 Å². The SMILES string of the molecule is CC(=O)Nc1cc(F)c(F)cc1SC[C@@H](NC(=O)OC(C)(C)C)C(=O)O. The van der Waals surface area contributed by atoms with Crippen molar-refractivity contribution in [2.24, 2.45) is 0 Å². The van der Waals surface area contributed by atoms with Crippen LogP contribution >= 0.6 is 11.8 Å². The maximum Gasteiger partial charge on any atom is 0.408 e. The Bertz CT molecular complexity index is 707. The summed E-state index contributed by atoms with van der Waals surface area (Å²) in [5.41, 5.74) is -0.804. The standard InChI is InChI=1S/C16H20F2N2O5S/c1-8(21)19-11-5-9(17)10(18)6-13(11)26-7-12(14(22)23)20-15(24)25-16(2,3)4/h5-6,12H,7H2,1-4H3,(H,19,21)(H,20,24)(H,22,23)/t12-/m1/s1. The van der Waals surface area contributed by atoms with Gasteiger partial charge in [-0.15, -0.1) is 11.8 Å². The van der Waals surface area contributed by atoms with E-state index in [4.69, 9.17) is 4.74 Å². The fourth-order valence-electron chi connectivity index (χ4n) is 1.73. The van der Waals surface area contributed by atoms with Crippen LogP contribution in [0.15, 0.2) is 17.0 Å². The van der Waals surface area contributed by atoms with Gasteiger partial charge in [-0.2, -0.15) is 0 Å². The highest BCUT2D eigenvalue weighted by molar-refractivity contribution is 7.99. The normalized spacial score (nSPS) is 12.2. The average molecular weight is 390 g/mol. The number of hydrogen-bond acceptors (Lipinski definition) is 5. The summed E-state index contributed by atoms with van der Waals surface area (Å²) in [6.45, 7) is 6.06. The van der Waals surface area contributed by atoms with Crippen molar-refractivity contribution >= 4 is 35.4 Å². The lowest BCUT2D eigenvalue weighted by molar-refractivity contribution is -0.138. The topological polar surface area (TPSA) is 105 Å². The summed E-state index contributed by atoms with van der Waals surface area (Å²) in [5, 5.41) is 13.8. The molecule has 144 valence electrons. The fourth-order valence-corrected chi connectivity index (χ4v) is 2.76. The largest absolute Gasteiger partial charge is 0.480 e. The number of halogens is 2. The molecule has 0 heterocycles. The molecule has 0 fully saturated rings. The Labute approximate surface area is 153 Å². The van der Waals surface area contributed by atoms with Gasteiger partial charge in [-0.1, -0.05) is 0 Å². The summed E-state index contributed by atoms with van der Waals surface area (Å²) in [6, 6.07) is 0.307. The molecule has 1 aromatic carbocycles. The maximum atomic E-state index is 13.5. The number of ether oxygens (including phenoxy) is 1. The molecule has 3 N–H and O–H groups in total. The molecule has 0 spiro atoms. The monoisotopic (exact) mass is 390 g/mol. The van der Waals surface area contributed by atoms with Crippen molar-refractivity contribution < 1.29 is 33.0 Å². The lowest BCUT2D eigenvalue weighted by Gasteiger charge is -2.22. The number of benzene rings is 1. The van der Waals surface area contributed by atoms with E-state index in [-0.39, 0.29) is 16.3 Å². The first-order chi connectivity index (χ1) is 11.9. The second kappa shape index (κ2) is 8.84. The van der Waals surface area contributed by atoms with Gasteiger partial charge in [-0.3, -0.25) is 4.79 Å². The van der Waals surface area contributed by atoms with E-state index in [0.717, 1.165) is 23.9 Å². The highest BCUT2D eigenvalue weighted by Crippen LogP contribution is 2.30. The maximum absolute atomic E-state index is 13.5. The number of carbonyl (C=O) groups excluding carboxylic acids is 2. The van der Waals surface area contributed by atoms with E-state index in [1.165, 1.54) is 6.92 Å². The number of carboxylic acids is 1. The predicted octanol–water partition coefficient (Wildman–Crippen LogP) is 2.99. The smallest absolute Gasteiger partial charge is 0.408 e. The van der Waals surface area contributed by atoms with E-state index >= 15 is 0 Å². The van der Waals surface area contributed by atoms with Crippen LogP contribution in [0.1, 0.15) is 27.7 Å². The Balaban J connectivity index is 2.89. The Morgan fingerprint density at radius 1 is 1.23 bits per heavy atom. The van der Waals surface area contributed by atoms with Crippen LogP contribution in [0, 0.1) is 11.6 Å². The zero-order valence-electron chi connectivity index (χ0n) is 14.7. The molecular formula is C16H20F2N2O5S. The third-order valence-corrected chi connectivity index (χ3v) is 3.88. The van der Waals surface area contributed by atoms with Gasteiger partial charge in [0.2, 0.25) is 5.91 Å². The van der Waals surface area contributed by atoms with Crippen molar-refractivity contribution in [3.63, 3.8) is 0 Å². The minimum absolute atomic E-state index is 0.00260. The minimum Gasteiger partial charge on any atom is -0.480 e. The molecule has 1 rings (SSSR count). The second-order valence-corrected chi connectivity index (χ2v) is 7.35. The molecule has 0 saturated heterocycles. The van der Waals surface area contributed by atoms with Crippen LogP contribution < -0.4 is 10.6 Å². The molecule has 0 aromatic heterocycles. The van der Waals surface area contributed by atoms with Crippen molar-refractivity contribution in [1.82, 2.24) is 5.32 Å². The van der Waals surface area contributed by atoms with Gasteiger partial charge in [0.1, 0.15) is 11.6 Å². The molecule has 26 heavy (non-hydrogen) atoms. The molecule has 1 aromatic rings. The summed E-state index contributed by atoms with van der Waals surface area (Å²) in [7, 11) is 0. The van der Waals surface area contributed by atoms with Gasteiger partial charge in [0.25, 0.3) is 0 Å². The summed E-state index contributed by atoms with van der Waals surface area (Å²) in [4.78, 5) is 34.3. The van der Waals surface area contributed by atoms with Crippen LogP contribution in [0.4, 0.5) is 19.3 Å². The summed E-state index contributed by atoms with van der Waals surface area (Å²) < 4.78 is 31.8. The minimum atomic E-state index is -1.34. The molecule has 0 radical (unpaired) electrons. The first-order valence-electron chi connectivity index (χ1n) is 7.51. The highest BCUT2D eigenvalue weighted by Gasteiger charge is 2.25. The number of anilines is 1. The number of amides is 2. The molecular weight excluding hydrogens is 370 g/mol. The molecule has 0 unspecified atom stereocenters. The summed E-state index contributed by atoms with van der Waals surface area (Å²) in [6.07, 6.45) is -0.919. The van der Waals surface area contributed by atoms with Crippen molar-refractivity contribution in [1.29, 1.82) is 0 Å². The highest BCUT2D eigenvalue weighted by atomic mass is 32.2. The Morgan fingerprint density at radius 2 is 1.81 bits per heavy atom. The van der Waals surface area contributed by atoms with E-state index < -0.39 is 41.2 Å². The fraction of sp³-hybridized carbons (Fsp3) is 0.438. The number of nitrogens with one attached hydrogen (secondary N) is 2. The van der Waals surface area contributed by atoms with E-state index in [9.17, 15) is 28.3 Å². The number of aliphatic carboxylic acids is 1. The van der Waals surface area contributed by atoms with Gasteiger partial charge in [-0.05, 0) is 26.8 Å². The van der Waals surface area contributed by atoms with E-state index in [1.54, 1.807) is 20.8 Å². The first-order valence-corrected chi connectivity index (χ1v) is 8.49. The summed E-state index contributed by atoms with van der Waals surface area (Å²) >= 11 is 0.836. The van der Waals surface area contributed by atoms with E-state index in [2.05, 4.69) is 10.6 Å². The third kappa shape index (κ3) is 7.26. The lowest BCUT2D eigenvalue weighted by atomic mass is 10.2. The van der Waals surface area contributed by atoms with Crippen LogP contribution in [0.25, 0.3) is 0 Å². The van der Waals surface area contributed by atoms with E-state index in [0.29, 0.717) is 0 Å². The number of rotatable bonds is 6. The molecule has 0 aliphatic heterocycles. The van der Waals surface area contributed by atoms with Gasteiger partial charge >= 0.3 is 12.1 Å². The third-order valence-electron chi connectivity index (χ3n) is 2.73. The molecule has 7 nitrogen and oxygen atoms in total. The quantitative estimate of drug-likeness (QED) is 0.645. The molecule has 0 aliphatic rings. The Hall–Kier alpha value is -2.36. The van der Waals surface area contributed by atoms with Crippen LogP contribution in [0.2, 0.25) is 0 Å². The zero-order chi connectivity index (χ0) is 20.1. The van der Waals surface area contributed by atoms with Crippen LogP contribution in [0.5, 0.6) is 0 Å². The number of alkyl carbamates (subject to hydrolysis) is 1. The van der Waals surface area contributed by atoms with Crippen LogP contribution in [-0.4, -0.2) is 40.5 Å². The van der Waals surface area contributed by atoms with Crippen molar-refractivity contribution in [2.75, 3.05) is 11.1 Å². The van der Waals surface area contributed by atoms with Gasteiger partial charge in [-0.25, -0.2) is 18.4 Å². The number of thioether (sulfide) groups is 1. The van der Waals surface area contributed by atoms with Gasteiger partial charge in [0.05, 0.1) is 5.69 Å². The molecule has 0 bridgehead atoms. The Morgan fingerprint density at radius 3 is 2.31 bits per heavy atom. The first kappa shape index (κ1) is 21.7. The van der Waals surface area contributed by atoms with E-state index in [1.807, 2.05) is 0 Å². The zero-order valence-corrected chi connectivity index (χ0v) is 15.5. The predicted molar refractivity (Wildman–Crippen MR) is 92.2 cm³/mol. The number of carbonyl (C=O) groups is 3. The number of carboxylic acid groups (broad SMARTS) is 1. The molecule has 2 amide bonds. The Kier molecular flexibility index (Phi) is 7.37. The van der Waals surface area contributed by atoms with Crippen LogP contribution in [-0.2, 0) is 14.3 Å². The molecule has 0 aliphatic carbocycles. The number of hydrogen-bond donors (Lipinski definition) is 3.